The van der Waals surface area contributed by atoms with E-state index in [1.54, 1.807) is 0 Å². The molecule has 0 bridgehead atoms. The number of benzene rings is 1. The summed E-state index contributed by atoms with van der Waals surface area (Å²) in [5.41, 5.74) is 7.49. The van der Waals surface area contributed by atoms with Crippen LogP contribution in [0.5, 0.6) is 0 Å². The maximum absolute atomic E-state index is 5.94. The van der Waals surface area contributed by atoms with Crippen molar-refractivity contribution in [2.75, 3.05) is 23.7 Å². The molecule has 2 rings (SSSR count). The zero-order valence-corrected chi connectivity index (χ0v) is 8.22. The molecular formula is C10H13ClN2. The summed E-state index contributed by atoms with van der Waals surface area (Å²) in [5.74, 6) is 0. The van der Waals surface area contributed by atoms with Gasteiger partial charge in [0, 0.05) is 18.8 Å². The van der Waals surface area contributed by atoms with E-state index in [-0.39, 0.29) is 0 Å². The topological polar surface area (TPSA) is 29.3 Å². The van der Waals surface area contributed by atoms with Crippen molar-refractivity contribution in [2.45, 2.75) is 12.8 Å². The summed E-state index contributed by atoms with van der Waals surface area (Å²) in [7, 11) is 0. The Morgan fingerprint density at radius 2 is 1.92 bits per heavy atom. The SMILES string of the molecule is Nc1ccc(N2CCCC2)cc1Cl. The quantitative estimate of drug-likeness (QED) is 0.700. The first-order valence-corrected chi connectivity index (χ1v) is 4.95. The van der Waals surface area contributed by atoms with Gasteiger partial charge in [-0.2, -0.15) is 0 Å². The molecule has 0 atom stereocenters. The molecular weight excluding hydrogens is 184 g/mol. The fourth-order valence-electron chi connectivity index (χ4n) is 1.69. The van der Waals surface area contributed by atoms with Crippen LogP contribution < -0.4 is 10.6 Å². The molecule has 0 aromatic heterocycles. The number of anilines is 2. The molecule has 1 heterocycles. The highest BCUT2D eigenvalue weighted by Gasteiger charge is 2.12. The highest BCUT2D eigenvalue weighted by Crippen LogP contribution is 2.27. The lowest BCUT2D eigenvalue weighted by Gasteiger charge is -2.17. The van der Waals surface area contributed by atoms with Gasteiger partial charge in [-0.3, -0.25) is 0 Å². The lowest BCUT2D eigenvalue weighted by atomic mass is 10.2. The first-order valence-electron chi connectivity index (χ1n) is 4.57. The molecule has 2 nitrogen and oxygen atoms in total. The van der Waals surface area contributed by atoms with E-state index in [2.05, 4.69) is 4.90 Å². The molecule has 1 saturated heterocycles. The van der Waals surface area contributed by atoms with Crippen molar-refractivity contribution in [2.24, 2.45) is 0 Å². The first kappa shape index (κ1) is 8.70. The molecule has 70 valence electrons. The van der Waals surface area contributed by atoms with E-state index in [0.29, 0.717) is 10.7 Å². The Kier molecular flexibility index (Phi) is 2.32. The molecule has 1 aliphatic rings. The molecule has 13 heavy (non-hydrogen) atoms. The standard InChI is InChI=1S/C10H13ClN2/c11-9-7-8(3-4-10(9)12)13-5-1-2-6-13/h3-4,7H,1-2,5-6,12H2. The Balaban J connectivity index is 2.25. The Hall–Kier alpha value is -0.890. The van der Waals surface area contributed by atoms with Crippen molar-refractivity contribution in [1.82, 2.24) is 0 Å². The number of rotatable bonds is 1. The second-order valence-corrected chi connectivity index (χ2v) is 3.81. The second kappa shape index (κ2) is 3.46. The van der Waals surface area contributed by atoms with Gasteiger partial charge in [0.25, 0.3) is 0 Å². The third kappa shape index (κ3) is 1.73. The van der Waals surface area contributed by atoms with E-state index in [1.165, 1.54) is 18.5 Å². The van der Waals surface area contributed by atoms with E-state index >= 15 is 0 Å². The van der Waals surface area contributed by atoms with Gasteiger partial charge in [-0.25, -0.2) is 0 Å². The Morgan fingerprint density at radius 1 is 1.23 bits per heavy atom. The van der Waals surface area contributed by atoms with E-state index in [4.69, 9.17) is 17.3 Å². The molecule has 2 N–H and O–H groups in total. The molecule has 1 aliphatic heterocycles. The fourth-order valence-corrected chi connectivity index (χ4v) is 1.86. The van der Waals surface area contributed by atoms with Gasteiger partial charge in [-0.15, -0.1) is 0 Å². The highest BCUT2D eigenvalue weighted by atomic mass is 35.5. The van der Waals surface area contributed by atoms with Crippen LogP contribution in [0.3, 0.4) is 0 Å². The number of nitrogens with zero attached hydrogens (tertiary/aromatic N) is 1. The van der Waals surface area contributed by atoms with Gasteiger partial charge in [-0.05, 0) is 31.0 Å². The molecule has 1 aromatic rings. The monoisotopic (exact) mass is 196 g/mol. The fraction of sp³-hybridized carbons (Fsp3) is 0.400. The molecule has 0 aliphatic carbocycles. The van der Waals surface area contributed by atoms with Gasteiger partial charge in [0.1, 0.15) is 0 Å². The van der Waals surface area contributed by atoms with Gasteiger partial charge in [-0.1, -0.05) is 11.6 Å². The molecule has 0 radical (unpaired) electrons. The minimum absolute atomic E-state index is 0.657. The average molecular weight is 197 g/mol. The summed E-state index contributed by atoms with van der Waals surface area (Å²) in [5, 5.41) is 0.657. The summed E-state index contributed by atoms with van der Waals surface area (Å²) in [6.45, 7) is 2.28. The molecule has 0 spiro atoms. The van der Waals surface area contributed by atoms with Crippen LogP contribution in [0.2, 0.25) is 5.02 Å². The van der Waals surface area contributed by atoms with Crippen molar-refractivity contribution in [3.05, 3.63) is 23.2 Å². The van der Waals surface area contributed by atoms with E-state index < -0.39 is 0 Å². The van der Waals surface area contributed by atoms with Gasteiger partial charge in [0.15, 0.2) is 0 Å². The largest absolute Gasteiger partial charge is 0.398 e. The number of nitrogens with two attached hydrogens (primary N) is 1. The van der Waals surface area contributed by atoms with Crippen LogP contribution in [0.4, 0.5) is 11.4 Å². The van der Waals surface area contributed by atoms with Crippen molar-refractivity contribution >= 4 is 23.0 Å². The number of halogens is 1. The van der Waals surface area contributed by atoms with Crippen molar-refractivity contribution in [1.29, 1.82) is 0 Å². The minimum Gasteiger partial charge on any atom is -0.398 e. The Bertz CT molecular complexity index is 306. The van der Waals surface area contributed by atoms with Crippen molar-refractivity contribution < 1.29 is 0 Å². The van der Waals surface area contributed by atoms with E-state index in [9.17, 15) is 0 Å². The Labute approximate surface area is 83.3 Å². The molecule has 1 aromatic carbocycles. The lowest BCUT2D eigenvalue weighted by Crippen LogP contribution is -2.17. The molecule has 1 fully saturated rings. The van der Waals surface area contributed by atoms with Crippen molar-refractivity contribution in [3.63, 3.8) is 0 Å². The molecule has 0 amide bonds. The predicted octanol–water partition coefficient (Wildman–Crippen LogP) is 2.52. The zero-order valence-electron chi connectivity index (χ0n) is 7.46. The van der Waals surface area contributed by atoms with Crippen LogP contribution in [0.15, 0.2) is 18.2 Å². The normalized spacial score (nSPS) is 16.5. The van der Waals surface area contributed by atoms with Gasteiger partial charge in [0.05, 0.1) is 10.7 Å². The summed E-state index contributed by atoms with van der Waals surface area (Å²) in [4.78, 5) is 2.34. The summed E-state index contributed by atoms with van der Waals surface area (Å²) in [6, 6.07) is 5.85. The van der Waals surface area contributed by atoms with Crippen LogP contribution in [-0.2, 0) is 0 Å². The number of hydrogen-bond donors (Lipinski definition) is 1. The molecule has 0 saturated carbocycles. The zero-order chi connectivity index (χ0) is 9.26. The van der Waals surface area contributed by atoms with E-state index in [0.717, 1.165) is 13.1 Å². The van der Waals surface area contributed by atoms with Gasteiger partial charge in [0.2, 0.25) is 0 Å². The molecule has 3 heteroatoms. The van der Waals surface area contributed by atoms with Gasteiger partial charge >= 0.3 is 0 Å². The third-order valence-electron chi connectivity index (χ3n) is 2.46. The third-order valence-corrected chi connectivity index (χ3v) is 2.78. The predicted molar refractivity (Wildman–Crippen MR) is 57.3 cm³/mol. The van der Waals surface area contributed by atoms with Crippen LogP contribution in [0.1, 0.15) is 12.8 Å². The van der Waals surface area contributed by atoms with Crippen molar-refractivity contribution in [3.8, 4) is 0 Å². The number of nitrogen functional groups attached to an aromatic ring is 1. The summed E-state index contributed by atoms with van der Waals surface area (Å²) >= 11 is 5.94. The Morgan fingerprint density at radius 3 is 2.54 bits per heavy atom. The molecule has 0 unspecified atom stereocenters. The highest BCUT2D eigenvalue weighted by molar-refractivity contribution is 6.33. The number of hydrogen-bond acceptors (Lipinski definition) is 2. The van der Waals surface area contributed by atoms with E-state index in [1.807, 2.05) is 18.2 Å². The lowest BCUT2D eigenvalue weighted by molar-refractivity contribution is 0.949. The van der Waals surface area contributed by atoms with Crippen LogP contribution in [-0.4, -0.2) is 13.1 Å². The first-order chi connectivity index (χ1) is 6.27. The van der Waals surface area contributed by atoms with Crippen LogP contribution >= 0.6 is 11.6 Å². The minimum atomic E-state index is 0.657. The van der Waals surface area contributed by atoms with Crippen LogP contribution in [0.25, 0.3) is 0 Å². The smallest absolute Gasteiger partial charge is 0.0656 e. The van der Waals surface area contributed by atoms with Gasteiger partial charge < -0.3 is 10.6 Å². The average Bonchev–Trinajstić information content (AvgIpc) is 2.62. The summed E-state index contributed by atoms with van der Waals surface area (Å²) in [6.07, 6.45) is 2.56. The maximum atomic E-state index is 5.94. The van der Waals surface area contributed by atoms with Crippen LogP contribution in [0, 0.1) is 0 Å². The second-order valence-electron chi connectivity index (χ2n) is 3.40. The summed E-state index contributed by atoms with van der Waals surface area (Å²) < 4.78 is 0. The maximum Gasteiger partial charge on any atom is 0.0656 e.